The first kappa shape index (κ1) is 17.6. The highest BCUT2D eigenvalue weighted by Crippen LogP contribution is 2.31. The number of nitrogens with one attached hydrogen (secondary N) is 1. The zero-order valence-electron chi connectivity index (χ0n) is 14.7. The Hall–Kier alpha value is -3.22. The van der Waals surface area contributed by atoms with Gasteiger partial charge in [0.2, 0.25) is 11.8 Å². The molecule has 0 saturated carbocycles. The van der Waals surface area contributed by atoms with Gasteiger partial charge >= 0.3 is 0 Å². The monoisotopic (exact) mass is 356 g/mol. The third kappa shape index (κ3) is 3.88. The van der Waals surface area contributed by atoms with E-state index in [4.69, 9.17) is 14.2 Å². The standard InChI is InChI=1S/C19H20N2O5/c1-24-14-9-13(10-15(11-14)25-2)20-18(22)12-21-16-5-3-4-6-17(16)26-8-7-19(21)23/h3-6,9-11H,7-8,12H2,1-2H3,(H,20,22). The molecule has 1 aliphatic rings. The van der Waals surface area contributed by atoms with Crippen LogP contribution >= 0.6 is 0 Å². The molecule has 1 heterocycles. The van der Waals surface area contributed by atoms with Crippen LogP contribution in [-0.2, 0) is 9.59 Å². The molecule has 0 bridgehead atoms. The number of carbonyl (C=O) groups excluding carboxylic acids is 2. The van der Waals surface area contributed by atoms with Crippen LogP contribution in [0.1, 0.15) is 6.42 Å². The van der Waals surface area contributed by atoms with Crippen LogP contribution in [0.25, 0.3) is 0 Å². The molecule has 0 fully saturated rings. The minimum absolute atomic E-state index is 0.112. The Kier molecular flexibility index (Phi) is 5.26. The summed E-state index contributed by atoms with van der Waals surface area (Å²) >= 11 is 0. The molecule has 0 unspecified atom stereocenters. The first-order valence-electron chi connectivity index (χ1n) is 8.16. The molecular weight excluding hydrogens is 336 g/mol. The zero-order valence-corrected chi connectivity index (χ0v) is 14.7. The van der Waals surface area contributed by atoms with Crippen molar-refractivity contribution >= 4 is 23.2 Å². The number of carbonyl (C=O) groups is 2. The molecule has 7 nitrogen and oxygen atoms in total. The fourth-order valence-electron chi connectivity index (χ4n) is 2.72. The second-order valence-electron chi connectivity index (χ2n) is 5.70. The third-order valence-corrected chi connectivity index (χ3v) is 3.97. The van der Waals surface area contributed by atoms with Gasteiger partial charge in [-0.05, 0) is 12.1 Å². The van der Waals surface area contributed by atoms with E-state index in [1.54, 1.807) is 36.4 Å². The molecular formula is C19H20N2O5. The molecule has 0 aromatic heterocycles. The molecule has 0 saturated heterocycles. The largest absolute Gasteiger partial charge is 0.497 e. The Morgan fingerprint density at radius 3 is 2.54 bits per heavy atom. The number of hydrogen-bond acceptors (Lipinski definition) is 5. The van der Waals surface area contributed by atoms with E-state index in [1.165, 1.54) is 19.1 Å². The van der Waals surface area contributed by atoms with Crippen molar-refractivity contribution < 1.29 is 23.8 Å². The molecule has 2 aromatic carbocycles. The van der Waals surface area contributed by atoms with Crippen LogP contribution in [0.15, 0.2) is 42.5 Å². The Bertz CT molecular complexity index is 799. The van der Waals surface area contributed by atoms with E-state index in [0.29, 0.717) is 35.2 Å². The molecule has 136 valence electrons. The van der Waals surface area contributed by atoms with Crippen molar-refractivity contribution in [2.45, 2.75) is 6.42 Å². The summed E-state index contributed by atoms with van der Waals surface area (Å²) in [4.78, 5) is 26.4. The number of para-hydroxylation sites is 2. The summed E-state index contributed by atoms with van der Waals surface area (Å²) in [5.41, 5.74) is 1.12. The van der Waals surface area contributed by atoms with Crippen molar-refractivity contribution in [1.29, 1.82) is 0 Å². The van der Waals surface area contributed by atoms with Gasteiger partial charge in [0, 0.05) is 23.9 Å². The minimum Gasteiger partial charge on any atom is -0.497 e. The number of hydrogen-bond donors (Lipinski definition) is 1. The molecule has 2 aromatic rings. The van der Waals surface area contributed by atoms with E-state index in [2.05, 4.69) is 5.32 Å². The molecule has 0 radical (unpaired) electrons. The molecule has 0 atom stereocenters. The van der Waals surface area contributed by atoms with E-state index in [-0.39, 0.29) is 24.8 Å². The number of rotatable bonds is 5. The number of nitrogens with zero attached hydrogens (tertiary/aromatic N) is 1. The summed E-state index contributed by atoms with van der Waals surface area (Å²) in [6.07, 6.45) is 0.217. The highest BCUT2D eigenvalue weighted by Gasteiger charge is 2.25. The topological polar surface area (TPSA) is 77.1 Å². The van der Waals surface area contributed by atoms with Crippen molar-refractivity contribution in [3.63, 3.8) is 0 Å². The van der Waals surface area contributed by atoms with Crippen LogP contribution in [-0.4, -0.2) is 39.2 Å². The summed E-state index contributed by atoms with van der Waals surface area (Å²) in [5.74, 6) is 1.22. The maximum atomic E-state index is 12.5. The SMILES string of the molecule is COc1cc(NC(=O)CN2C(=O)CCOc3ccccc32)cc(OC)c1. The van der Waals surface area contributed by atoms with Gasteiger partial charge in [-0.2, -0.15) is 0 Å². The fourth-order valence-corrected chi connectivity index (χ4v) is 2.72. The number of ether oxygens (including phenoxy) is 3. The fraction of sp³-hybridized carbons (Fsp3) is 0.263. The van der Waals surface area contributed by atoms with Gasteiger partial charge < -0.3 is 19.5 Å². The average molecular weight is 356 g/mol. The summed E-state index contributed by atoms with van der Waals surface area (Å²) in [5, 5.41) is 2.78. The molecule has 2 amide bonds. The second-order valence-corrected chi connectivity index (χ2v) is 5.70. The first-order chi connectivity index (χ1) is 12.6. The molecule has 1 N–H and O–H groups in total. The van der Waals surface area contributed by atoms with Crippen LogP contribution < -0.4 is 24.4 Å². The molecule has 1 aliphatic heterocycles. The molecule has 3 rings (SSSR count). The number of methoxy groups -OCH3 is 2. The second kappa shape index (κ2) is 7.77. The first-order valence-corrected chi connectivity index (χ1v) is 8.16. The van der Waals surface area contributed by atoms with Crippen molar-refractivity contribution in [2.75, 3.05) is 37.6 Å². The Labute approximate surface area is 151 Å². The lowest BCUT2D eigenvalue weighted by Crippen LogP contribution is -2.37. The Morgan fingerprint density at radius 2 is 1.85 bits per heavy atom. The summed E-state index contributed by atoms with van der Waals surface area (Å²) in [6, 6.07) is 12.3. The predicted octanol–water partition coefficient (Wildman–Crippen LogP) is 2.46. The minimum atomic E-state index is -0.328. The molecule has 26 heavy (non-hydrogen) atoms. The predicted molar refractivity (Wildman–Crippen MR) is 97.1 cm³/mol. The summed E-state index contributed by atoms with van der Waals surface area (Å²) < 4.78 is 16.0. The van der Waals surface area contributed by atoms with Crippen LogP contribution in [0, 0.1) is 0 Å². The van der Waals surface area contributed by atoms with E-state index >= 15 is 0 Å². The van der Waals surface area contributed by atoms with Gasteiger partial charge in [-0.25, -0.2) is 0 Å². The lowest BCUT2D eigenvalue weighted by Gasteiger charge is -2.21. The van der Waals surface area contributed by atoms with Crippen LogP contribution in [0.5, 0.6) is 17.2 Å². The van der Waals surface area contributed by atoms with Crippen molar-refractivity contribution in [2.24, 2.45) is 0 Å². The van der Waals surface area contributed by atoms with Gasteiger partial charge in [0.25, 0.3) is 0 Å². The number of anilines is 2. The van der Waals surface area contributed by atoms with Gasteiger partial charge in [-0.1, -0.05) is 12.1 Å². The van der Waals surface area contributed by atoms with E-state index < -0.39 is 0 Å². The Morgan fingerprint density at radius 1 is 1.15 bits per heavy atom. The quantitative estimate of drug-likeness (QED) is 0.890. The Balaban J connectivity index is 1.78. The van der Waals surface area contributed by atoms with Crippen LogP contribution in [0.2, 0.25) is 0 Å². The van der Waals surface area contributed by atoms with Crippen LogP contribution in [0.4, 0.5) is 11.4 Å². The van der Waals surface area contributed by atoms with Gasteiger partial charge in [0.15, 0.2) is 0 Å². The van der Waals surface area contributed by atoms with E-state index in [9.17, 15) is 9.59 Å². The average Bonchev–Trinajstić information content (AvgIpc) is 2.80. The summed E-state index contributed by atoms with van der Waals surface area (Å²) in [7, 11) is 3.07. The molecule has 0 spiro atoms. The summed E-state index contributed by atoms with van der Waals surface area (Å²) in [6.45, 7) is 0.180. The van der Waals surface area contributed by atoms with Crippen LogP contribution in [0.3, 0.4) is 0 Å². The van der Waals surface area contributed by atoms with Crippen molar-refractivity contribution in [3.8, 4) is 17.2 Å². The van der Waals surface area contributed by atoms with Gasteiger partial charge in [0.1, 0.15) is 23.8 Å². The van der Waals surface area contributed by atoms with Gasteiger partial charge in [0.05, 0.1) is 32.9 Å². The van der Waals surface area contributed by atoms with E-state index in [1.807, 2.05) is 6.07 Å². The van der Waals surface area contributed by atoms with Gasteiger partial charge in [-0.3, -0.25) is 14.5 Å². The smallest absolute Gasteiger partial charge is 0.244 e. The molecule has 7 heteroatoms. The van der Waals surface area contributed by atoms with E-state index in [0.717, 1.165) is 0 Å². The van der Waals surface area contributed by atoms with Crippen molar-refractivity contribution in [3.05, 3.63) is 42.5 Å². The number of benzene rings is 2. The zero-order chi connectivity index (χ0) is 18.5. The van der Waals surface area contributed by atoms with Gasteiger partial charge in [-0.15, -0.1) is 0 Å². The lowest BCUT2D eigenvalue weighted by atomic mass is 10.2. The maximum absolute atomic E-state index is 12.5. The number of fused-ring (bicyclic) bond motifs is 1. The highest BCUT2D eigenvalue weighted by atomic mass is 16.5. The molecule has 0 aliphatic carbocycles. The normalized spacial score (nSPS) is 13.3. The van der Waals surface area contributed by atoms with Crippen molar-refractivity contribution in [1.82, 2.24) is 0 Å². The highest BCUT2D eigenvalue weighted by molar-refractivity contribution is 6.03. The maximum Gasteiger partial charge on any atom is 0.244 e. The third-order valence-electron chi connectivity index (χ3n) is 3.97. The lowest BCUT2D eigenvalue weighted by molar-refractivity contribution is -0.121. The number of amides is 2.